The van der Waals surface area contributed by atoms with E-state index in [0.717, 1.165) is 10.0 Å². The number of hydrogen-bond donors (Lipinski definition) is 1. The predicted molar refractivity (Wildman–Crippen MR) is 78.2 cm³/mol. The van der Waals surface area contributed by atoms with Crippen molar-refractivity contribution in [1.82, 2.24) is 0 Å². The van der Waals surface area contributed by atoms with Gasteiger partial charge in [-0.05, 0) is 53.9 Å². The number of hydrogen-bond acceptors (Lipinski definition) is 2. The first-order valence-electron chi connectivity index (χ1n) is 5.72. The highest BCUT2D eigenvalue weighted by Gasteiger charge is 2.09. The molecule has 0 radical (unpaired) electrons. The highest BCUT2D eigenvalue weighted by Crippen LogP contribution is 2.29. The van der Waals surface area contributed by atoms with Crippen LogP contribution in [0.15, 0.2) is 16.6 Å². The fourth-order valence-corrected chi connectivity index (χ4v) is 2.13. The van der Waals surface area contributed by atoms with Crippen LogP contribution in [0.2, 0.25) is 5.02 Å². The molecule has 5 heteroatoms. The summed E-state index contributed by atoms with van der Waals surface area (Å²) in [6.45, 7) is 3.85. The monoisotopic (exact) mass is 333 g/mol. The molecule has 0 saturated heterocycles. The molecule has 0 aliphatic carbocycles. The maximum Gasteiger partial charge on any atom is 0.224 e. The lowest BCUT2D eigenvalue weighted by atomic mass is 10.2. The van der Waals surface area contributed by atoms with E-state index >= 15 is 0 Å². The summed E-state index contributed by atoms with van der Waals surface area (Å²) in [7, 11) is 1.64. The molecule has 1 amide bonds. The SMILES string of the molecule is COC(C)CCC(=O)Nc1cc(Cl)c(C)cc1Br. The number of anilines is 1. The van der Waals surface area contributed by atoms with Crippen LogP contribution in [0, 0.1) is 6.92 Å². The predicted octanol–water partition coefficient (Wildman–Crippen LogP) is 4.16. The standard InChI is InChI=1S/C13H17BrClNO2/c1-8-6-10(14)12(7-11(8)15)16-13(17)5-4-9(2)18-3/h6-7,9H,4-5H2,1-3H3,(H,16,17). The molecule has 1 aromatic rings. The molecule has 0 fully saturated rings. The Hall–Kier alpha value is -0.580. The minimum atomic E-state index is -0.0421. The second kappa shape index (κ2) is 7.12. The maximum absolute atomic E-state index is 11.8. The van der Waals surface area contributed by atoms with Gasteiger partial charge in [-0.25, -0.2) is 0 Å². The fourth-order valence-electron chi connectivity index (χ4n) is 1.41. The highest BCUT2D eigenvalue weighted by molar-refractivity contribution is 9.10. The molecule has 0 aliphatic rings. The van der Waals surface area contributed by atoms with Crippen LogP contribution in [0.25, 0.3) is 0 Å². The highest BCUT2D eigenvalue weighted by atomic mass is 79.9. The molecule has 1 aromatic carbocycles. The first-order chi connectivity index (χ1) is 8.43. The van der Waals surface area contributed by atoms with E-state index in [1.165, 1.54) is 0 Å². The van der Waals surface area contributed by atoms with Crippen LogP contribution in [-0.2, 0) is 9.53 Å². The molecular formula is C13H17BrClNO2. The third-order valence-electron chi connectivity index (χ3n) is 2.70. The summed E-state index contributed by atoms with van der Waals surface area (Å²) < 4.78 is 5.93. The van der Waals surface area contributed by atoms with E-state index in [-0.39, 0.29) is 12.0 Å². The normalized spacial score (nSPS) is 12.3. The van der Waals surface area contributed by atoms with Crippen LogP contribution in [0.1, 0.15) is 25.3 Å². The lowest BCUT2D eigenvalue weighted by Gasteiger charge is -2.11. The van der Waals surface area contributed by atoms with Crippen molar-refractivity contribution in [3.8, 4) is 0 Å². The third kappa shape index (κ3) is 4.59. The molecule has 1 unspecified atom stereocenters. The minimum Gasteiger partial charge on any atom is -0.382 e. The molecule has 18 heavy (non-hydrogen) atoms. The second-order valence-corrected chi connectivity index (χ2v) is 5.48. The Labute approximate surface area is 121 Å². The molecule has 0 spiro atoms. The summed E-state index contributed by atoms with van der Waals surface area (Å²) in [5, 5.41) is 3.47. The van der Waals surface area contributed by atoms with Gasteiger partial charge >= 0.3 is 0 Å². The van der Waals surface area contributed by atoms with Crippen molar-refractivity contribution in [1.29, 1.82) is 0 Å². The van der Waals surface area contributed by atoms with Gasteiger partial charge in [-0.3, -0.25) is 4.79 Å². The summed E-state index contributed by atoms with van der Waals surface area (Å²) in [6.07, 6.45) is 1.20. The van der Waals surface area contributed by atoms with Crippen molar-refractivity contribution in [2.24, 2.45) is 0 Å². The average Bonchev–Trinajstić information content (AvgIpc) is 2.33. The Bertz CT molecular complexity index is 437. The third-order valence-corrected chi connectivity index (χ3v) is 3.77. The summed E-state index contributed by atoms with van der Waals surface area (Å²) in [6, 6.07) is 3.63. The largest absolute Gasteiger partial charge is 0.382 e. The number of aryl methyl sites for hydroxylation is 1. The Morgan fingerprint density at radius 2 is 2.22 bits per heavy atom. The number of rotatable bonds is 5. The fraction of sp³-hybridized carbons (Fsp3) is 0.462. The molecule has 100 valence electrons. The van der Waals surface area contributed by atoms with Crippen LogP contribution >= 0.6 is 27.5 Å². The van der Waals surface area contributed by atoms with Gasteiger partial charge in [0.05, 0.1) is 11.8 Å². The van der Waals surface area contributed by atoms with E-state index in [0.29, 0.717) is 23.6 Å². The van der Waals surface area contributed by atoms with Gasteiger partial charge in [0.25, 0.3) is 0 Å². The Kier molecular flexibility index (Phi) is 6.12. The van der Waals surface area contributed by atoms with E-state index in [1.54, 1.807) is 13.2 Å². The quantitative estimate of drug-likeness (QED) is 0.878. The molecule has 1 atom stereocenters. The van der Waals surface area contributed by atoms with E-state index in [1.807, 2.05) is 19.9 Å². The molecule has 0 bridgehead atoms. The zero-order valence-corrected chi connectivity index (χ0v) is 13.1. The van der Waals surface area contributed by atoms with Gasteiger partial charge in [-0.1, -0.05) is 11.6 Å². The molecule has 1 N–H and O–H groups in total. The first kappa shape index (κ1) is 15.5. The van der Waals surface area contributed by atoms with Crippen molar-refractivity contribution < 1.29 is 9.53 Å². The summed E-state index contributed by atoms with van der Waals surface area (Å²) in [5.41, 5.74) is 1.66. The van der Waals surface area contributed by atoms with Gasteiger partial charge in [0, 0.05) is 23.0 Å². The molecular weight excluding hydrogens is 318 g/mol. The summed E-state index contributed by atoms with van der Waals surface area (Å²) in [4.78, 5) is 11.8. The number of methoxy groups -OCH3 is 1. The van der Waals surface area contributed by atoms with Crippen molar-refractivity contribution >= 4 is 39.1 Å². The van der Waals surface area contributed by atoms with Crippen LogP contribution in [-0.4, -0.2) is 19.1 Å². The zero-order valence-electron chi connectivity index (χ0n) is 10.7. The number of amides is 1. The Balaban J connectivity index is 2.62. The minimum absolute atomic E-state index is 0.0421. The number of halogens is 2. The lowest BCUT2D eigenvalue weighted by molar-refractivity contribution is -0.116. The topological polar surface area (TPSA) is 38.3 Å². The summed E-state index contributed by atoms with van der Waals surface area (Å²) in [5.74, 6) is -0.0421. The van der Waals surface area contributed by atoms with E-state index in [2.05, 4.69) is 21.2 Å². The average molecular weight is 335 g/mol. The van der Waals surface area contributed by atoms with Gasteiger partial charge in [0.15, 0.2) is 0 Å². The van der Waals surface area contributed by atoms with Crippen molar-refractivity contribution in [3.05, 3.63) is 27.2 Å². The number of benzene rings is 1. The van der Waals surface area contributed by atoms with Gasteiger partial charge in [-0.15, -0.1) is 0 Å². The number of ether oxygens (including phenoxy) is 1. The van der Waals surface area contributed by atoms with E-state index in [4.69, 9.17) is 16.3 Å². The van der Waals surface area contributed by atoms with Crippen molar-refractivity contribution in [2.75, 3.05) is 12.4 Å². The van der Waals surface area contributed by atoms with Crippen LogP contribution < -0.4 is 5.32 Å². The van der Waals surface area contributed by atoms with Crippen LogP contribution in [0.3, 0.4) is 0 Å². The van der Waals surface area contributed by atoms with E-state index < -0.39 is 0 Å². The van der Waals surface area contributed by atoms with Crippen LogP contribution in [0.4, 0.5) is 5.69 Å². The zero-order chi connectivity index (χ0) is 13.7. The lowest BCUT2D eigenvalue weighted by Crippen LogP contribution is -2.15. The van der Waals surface area contributed by atoms with Crippen molar-refractivity contribution in [3.63, 3.8) is 0 Å². The first-order valence-corrected chi connectivity index (χ1v) is 6.89. The number of carbonyl (C=O) groups excluding carboxylic acids is 1. The van der Waals surface area contributed by atoms with Gasteiger partial charge in [-0.2, -0.15) is 0 Å². The second-order valence-electron chi connectivity index (χ2n) is 4.21. The Morgan fingerprint density at radius 1 is 1.56 bits per heavy atom. The number of carbonyl (C=O) groups is 1. The molecule has 0 saturated carbocycles. The number of nitrogens with one attached hydrogen (secondary N) is 1. The summed E-state index contributed by atoms with van der Waals surface area (Å²) >= 11 is 9.43. The van der Waals surface area contributed by atoms with Crippen molar-refractivity contribution in [2.45, 2.75) is 32.8 Å². The van der Waals surface area contributed by atoms with Gasteiger partial charge < -0.3 is 10.1 Å². The van der Waals surface area contributed by atoms with Gasteiger partial charge in [0.1, 0.15) is 0 Å². The Morgan fingerprint density at radius 3 is 2.83 bits per heavy atom. The maximum atomic E-state index is 11.8. The molecule has 0 heterocycles. The van der Waals surface area contributed by atoms with E-state index in [9.17, 15) is 4.79 Å². The van der Waals surface area contributed by atoms with Crippen LogP contribution in [0.5, 0.6) is 0 Å². The molecule has 0 aromatic heterocycles. The molecule has 0 aliphatic heterocycles. The molecule has 1 rings (SSSR count). The smallest absolute Gasteiger partial charge is 0.224 e. The van der Waals surface area contributed by atoms with Gasteiger partial charge in [0.2, 0.25) is 5.91 Å². The molecule has 3 nitrogen and oxygen atoms in total.